The fraction of sp³-hybridized carbons (Fsp3) is 0.381. The third-order valence-electron chi connectivity index (χ3n) is 5.66. The molecule has 2 aliphatic rings. The molecule has 1 atom stereocenters. The number of rotatable bonds is 1. The lowest BCUT2D eigenvalue weighted by Crippen LogP contribution is -2.61. The first kappa shape index (κ1) is 14.6. The van der Waals surface area contributed by atoms with Crippen LogP contribution in [0.15, 0.2) is 54.6 Å². The van der Waals surface area contributed by atoms with Gasteiger partial charge in [-0.2, -0.15) is 0 Å². The molecule has 2 heteroatoms. The van der Waals surface area contributed by atoms with Gasteiger partial charge in [0.2, 0.25) is 0 Å². The van der Waals surface area contributed by atoms with Crippen LogP contribution in [0, 0.1) is 5.41 Å². The molecule has 2 heterocycles. The van der Waals surface area contributed by atoms with Crippen molar-refractivity contribution in [3.63, 3.8) is 0 Å². The van der Waals surface area contributed by atoms with Gasteiger partial charge < -0.3 is 0 Å². The maximum atomic E-state index is 12.9. The predicted octanol–water partition coefficient (Wildman–Crippen LogP) is 3.79. The highest BCUT2D eigenvalue weighted by Gasteiger charge is 2.52. The summed E-state index contributed by atoms with van der Waals surface area (Å²) in [4.78, 5) is 15.5. The summed E-state index contributed by atoms with van der Waals surface area (Å²) in [7, 11) is 0. The Hall–Kier alpha value is -1.93. The Kier molecular flexibility index (Phi) is 3.21. The number of fused-ring (bicyclic) bond motifs is 3. The minimum atomic E-state index is -0.289. The van der Waals surface area contributed by atoms with Gasteiger partial charge in [0, 0.05) is 24.9 Å². The Labute approximate surface area is 138 Å². The average Bonchev–Trinajstić information content (AvgIpc) is 2.56. The molecule has 0 radical (unpaired) electrons. The van der Waals surface area contributed by atoms with Gasteiger partial charge >= 0.3 is 0 Å². The van der Waals surface area contributed by atoms with Crippen molar-refractivity contribution in [2.24, 2.45) is 5.41 Å². The van der Waals surface area contributed by atoms with Crippen molar-refractivity contribution in [1.82, 2.24) is 4.90 Å². The first-order valence-electron chi connectivity index (χ1n) is 8.46. The van der Waals surface area contributed by atoms with E-state index in [0.717, 1.165) is 19.5 Å². The van der Waals surface area contributed by atoms with E-state index in [1.54, 1.807) is 0 Å². The topological polar surface area (TPSA) is 20.3 Å². The first-order valence-corrected chi connectivity index (χ1v) is 8.46. The summed E-state index contributed by atoms with van der Waals surface area (Å²) >= 11 is 0. The van der Waals surface area contributed by atoms with Crippen molar-refractivity contribution in [3.8, 4) is 0 Å². The van der Waals surface area contributed by atoms with Gasteiger partial charge in [0.15, 0.2) is 0 Å². The summed E-state index contributed by atoms with van der Waals surface area (Å²) in [5.74, 6) is 0.370. The molecule has 23 heavy (non-hydrogen) atoms. The number of carbonyl (C=O) groups is 1. The second kappa shape index (κ2) is 5.04. The maximum absolute atomic E-state index is 12.9. The third kappa shape index (κ3) is 2.08. The Morgan fingerprint density at radius 3 is 2.43 bits per heavy atom. The zero-order chi connectivity index (χ0) is 16.1. The Morgan fingerprint density at radius 2 is 1.65 bits per heavy atom. The van der Waals surface area contributed by atoms with E-state index < -0.39 is 0 Å². The monoisotopic (exact) mass is 305 g/mol. The largest absolute Gasteiger partial charge is 0.299 e. The molecule has 4 rings (SSSR count). The molecule has 0 spiro atoms. The zero-order valence-electron chi connectivity index (χ0n) is 13.9. The predicted molar refractivity (Wildman–Crippen MR) is 92.3 cm³/mol. The van der Waals surface area contributed by atoms with Crippen LogP contribution in [0.25, 0.3) is 0 Å². The smallest absolute Gasteiger partial charge is 0.142 e. The number of Topliss-reactive ketones (excluding diaryl/α,β-unsaturated/α-hetero) is 1. The molecule has 0 aromatic heterocycles. The van der Waals surface area contributed by atoms with Crippen molar-refractivity contribution in [3.05, 3.63) is 71.3 Å². The van der Waals surface area contributed by atoms with Crippen LogP contribution in [-0.4, -0.2) is 23.8 Å². The molecular formula is C21H23NO. The molecule has 1 fully saturated rings. The maximum Gasteiger partial charge on any atom is 0.142 e. The lowest BCUT2D eigenvalue weighted by atomic mass is 9.65. The Balaban J connectivity index is 1.96. The van der Waals surface area contributed by atoms with Crippen molar-refractivity contribution in [2.75, 3.05) is 13.1 Å². The lowest BCUT2D eigenvalue weighted by Gasteiger charge is -2.54. The molecule has 2 aliphatic heterocycles. The average molecular weight is 305 g/mol. The van der Waals surface area contributed by atoms with Gasteiger partial charge in [0.05, 0.1) is 5.54 Å². The van der Waals surface area contributed by atoms with Gasteiger partial charge in [-0.05, 0) is 23.1 Å². The summed E-state index contributed by atoms with van der Waals surface area (Å²) in [5.41, 5.74) is 3.41. The summed E-state index contributed by atoms with van der Waals surface area (Å²) < 4.78 is 0. The molecule has 0 N–H and O–H groups in total. The Morgan fingerprint density at radius 1 is 0.957 bits per heavy atom. The second-order valence-electron chi connectivity index (χ2n) is 7.54. The minimum Gasteiger partial charge on any atom is -0.299 e. The van der Waals surface area contributed by atoms with Gasteiger partial charge in [-0.25, -0.2) is 0 Å². The molecule has 1 unspecified atom stereocenters. The SMILES string of the molecule is CC1(C)CN2CCc3ccccc3C2(c2ccccc2)CC1=O. The van der Waals surface area contributed by atoms with E-state index in [1.807, 2.05) is 6.07 Å². The van der Waals surface area contributed by atoms with E-state index in [9.17, 15) is 4.79 Å². The van der Waals surface area contributed by atoms with Gasteiger partial charge in [0.25, 0.3) is 0 Å². The number of benzene rings is 2. The van der Waals surface area contributed by atoms with Gasteiger partial charge in [0.1, 0.15) is 5.78 Å². The van der Waals surface area contributed by atoms with Gasteiger partial charge in [-0.1, -0.05) is 68.4 Å². The highest BCUT2D eigenvalue weighted by Crippen LogP contribution is 2.49. The quantitative estimate of drug-likeness (QED) is 0.799. The summed E-state index contributed by atoms with van der Waals surface area (Å²) in [6, 6.07) is 19.3. The standard InChI is InChI=1S/C21H23NO/c1-20(2)15-22-13-12-16-8-6-7-11-18(16)21(22,14-19(20)23)17-9-4-3-5-10-17/h3-11H,12-15H2,1-2H3. The van der Waals surface area contributed by atoms with E-state index in [2.05, 4.69) is 67.3 Å². The van der Waals surface area contributed by atoms with Crippen LogP contribution in [0.5, 0.6) is 0 Å². The van der Waals surface area contributed by atoms with Crippen LogP contribution < -0.4 is 0 Å². The van der Waals surface area contributed by atoms with Gasteiger partial charge in [-0.15, -0.1) is 0 Å². The normalized spacial score (nSPS) is 26.4. The molecule has 2 nitrogen and oxygen atoms in total. The lowest BCUT2D eigenvalue weighted by molar-refractivity contribution is -0.138. The first-order chi connectivity index (χ1) is 11.0. The number of ketones is 1. The van der Waals surface area contributed by atoms with Crippen LogP contribution in [0.1, 0.15) is 37.0 Å². The van der Waals surface area contributed by atoms with Crippen LogP contribution in [0.4, 0.5) is 0 Å². The van der Waals surface area contributed by atoms with Crippen LogP contribution >= 0.6 is 0 Å². The van der Waals surface area contributed by atoms with E-state index in [1.165, 1.54) is 16.7 Å². The number of hydrogen-bond donors (Lipinski definition) is 0. The van der Waals surface area contributed by atoms with Crippen LogP contribution in [0.2, 0.25) is 0 Å². The fourth-order valence-corrected chi connectivity index (χ4v) is 4.37. The highest BCUT2D eigenvalue weighted by molar-refractivity contribution is 5.87. The highest BCUT2D eigenvalue weighted by atomic mass is 16.1. The minimum absolute atomic E-state index is 0.259. The zero-order valence-corrected chi connectivity index (χ0v) is 13.9. The number of nitrogens with zero attached hydrogens (tertiary/aromatic N) is 1. The van der Waals surface area contributed by atoms with Crippen LogP contribution in [0.3, 0.4) is 0 Å². The second-order valence-corrected chi connectivity index (χ2v) is 7.54. The van der Waals surface area contributed by atoms with Crippen LogP contribution in [-0.2, 0) is 16.8 Å². The molecule has 1 saturated heterocycles. The van der Waals surface area contributed by atoms with Crippen molar-refractivity contribution in [1.29, 1.82) is 0 Å². The molecule has 0 bridgehead atoms. The molecule has 0 amide bonds. The molecule has 2 aromatic rings. The molecular weight excluding hydrogens is 282 g/mol. The Bertz CT molecular complexity index is 749. The molecule has 118 valence electrons. The number of piperidine rings is 1. The summed E-state index contributed by atoms with van der Waals surface area (Å²) in [6.07, 6.45) is 1.63. The summed E-state index contributed by atoms with van der Waals surface area (Å²) in [5, 5.41) is 0. The summed E-state index contributed by atoms with van der Waals surface area (Å²) in [6.45, 7) is 6.02. The fourth-order valence-electron chi connectivity index (χ4n) is 4.37. The van der Waals surface area contributed by atoms with E-state index >= 15 is 0 Å². The van der Waals surface area contributed by atoms with E-state index in [4.69, 9.17) is 0 Å². The van der Waals surface area contributed by atoms with E-state index in [-0.39, 0.29) is 11.0 Å². The van der Waals surface area contributed by atoms with Gasteiger partial charge in [-0.3, -0.25) is 9.69 Å². The van der Waals surface area contributed by atoms with E-state index in [0.29, 0.717) is 12.2 Å². The third-order valence-corrected chi connectivity index (χ3v) is 5.66. The number of hydrogen-bond acceptors (Lipinski definition) is 2. The number of carbonyl (C=O) groups excluding carboxylic acids is 1. The van der Waals surface area contributed by atoms with Crippen molar-refractivity contribution in [2.45, 2.75) is 32.2 Å². The molecule has 0 aliphatic carbocycles. The molecule has 0 saturated carbocycles. The molecule has 2 aromatic carbocycles. The van der Waals surface area contributed by atoms with Crippen molar-refractivity contribution < 1.29 is 4.79 Å². The van der Waals surface area contributed by atoms with Crippen molar-refractivity contribution >= 4 is 5.78 Å².